The molecule has 7 heteroatoms. The summed E-state index contributed by atoms with van der Waals surface area (Å²) in [6.07, 6.45) is -0.136. The van der Waals surface area contributed by atoms with E-state index >= 15 is 0 Å². The van der Waals surface area contributed by atoms with Crippen LogP contribution < -0.4 is 5.32 Å². The Bertz CT molecular complexity index is 326. The number of amides is 1. The third-order valence-electron chi connectivity index (χ3n) is 2.49. The van der Waals surface area contributed by atoms with E-state index in [1.165, 1.54) is 7.11 Å². The molecule has 124 valence electrons. The van der Waals surface area contributed by atoms with Gasteiger partial charge in [-0.15, -0.1) is 0 Å². The maximum absolute atomic E-state index is 11.7. The van der Waals surface area contributed by atoms with Gasteiger partial charge in [0.2, 0.25) is 0 Å². The molecule has 21 heavy (non-hydrogen) atoms. The highest BCUT2D eigenvalue weighted by atomic mass is 16.6. The molecule has 0 aliphatic heterocycles. The number of ether oxygens (including phenoxy) is 3. The Hall–Kier alpha value is -1.34. The summed E-state index contributed by atoms with van der Waals surface area (Å²) in [5, 5.41) is 11.8. The van der Waals surface area contributed by atoms with Gasteiger partial charge in [-0.2, -0.15) is 0 Å². The SMILES string of the molecule is CCCCOC(C(=O)OC)[C@H](CO)NC(=O)OC(C)(C)C. The number of hydrogen-bond donors (Lipinski definition) is 2. The van der Waals surface area contributed by atoms with Gasteiger partial charge in [0.05, 0.1) is 19.8 Å². The second-order valence-corrected chi connectivity index (χ2v) is 5.60. The van der Waals surface area contributed by atoms with Crippen LogP contribution in [-0.2, 0) is 19.0 Å². The molecule has 1 unspecified atom stereocenters. The minimum Gasteiger partial charge on any atom is -0.467 e. The largest absolute Gasteiger partial charge is 0.467 e. The van der Waals surface area contributed by atoms with Crippen LogP contribution in [-0.4, -0.2) is 55.2 Å². The maximum atomic E-state index is 11.7. The van der Waals surface area contributed by atoms with E-state index < -0.39 is 36.4 Å². The van der Waals surface area contributed by atoms with Crippen LogP contribution in [0.5, 0.6) is 0 Å². The van der Waals surface area contributed by atoms with Crippen LogP contribution in [0.3, 0.4) is 0 Å². The van der Waals surface area contributed by atoms with Crippen LogP contribution in [0.2, 0.25) is 0 Å². The monoisotopic (exact) mass is 305 g/mol. The van der Waals surface area contributed by atoms with E-state index in [0.29, 0.717) is 6.61 Å². The lowest BCUT2D eigenvalue weighted by Gasteiger charge is -2.26. The van der Waals surface area contributed by atoms with E-state index in [-0.39, 0.29) is 0 Å². The molecular weight excluding hydrogens is 278 g/mol. The van der Waals surface area contributed by atoms with Gasteiger partial charge >= 0.3 is 12.1 Å². The van der Waals surface area contributed by atoms with E-state index in [1.54, 1.807) is 20.8 Å². The second kappa shape index (κ2) is 9.57. The van der Waals surface area contributed by atoms with Gasteiger partial charge in [-0.3, -0.25) is 0 Å². The Balaban J connectivity index is 4.72. The molecule has 0 saturated heterocycles. The summed E-state index contributed by atoms with van der Waals surface area (Å²) in [4.78, 5) is 23.4. The van der Waals surface area contributed by atoms with Gasteiger partial charge in [0.1, 0.15) is 5.60 Å². The molecule has 0 aromatic rings. The molecule has 7 nitrogen and oxygen atoms in total. The fourth-order valence-electron chi connectivity index (χ4n) is 1.50. The van der Waals surface area contributed by atoms with Crippen molar-refractivity contribution in [3.8, 4) is 0 Å². The van der Waals surface area contributed by atoms with Crippen molar-refractivity contribution >= 4 is 12.1 Å². The predicted octanol–water partition coefficient (Wildman–Crippen LogP) is 1.23. The summed E-state index contributed by atoms with van der Waals surface area (Å²) in [6.45, 7) is 7.01. The number of alkyl carbamates (subject to hydrolysis) is 1. The minimum atomic E-state index is -1.07. The fourth-order valence-corrected chi connectivity index (χ4v) is 1.50. The van der Waals surface area contributed by atoms with Crippen molar-refractivity contribution in [2.45, 2.75) is 58.3 Å². The fraction of sp³-hybridized carbons (Fsp3) is 0.857. The number of esters is 1. The number of methoxy groups -OCH3 is 1. The van der Waals surface area contributed by atoms with E-state index in [9.17, 15) is 14.7 Å². The quantitative estimate of drug-likeness (QED) is 0.517. The molecule has 0 heterocycles. The molecule has 0 saturated carbocycles. The molecule has 0 rings (SSSR count). The molecule has 0 fully saturated rings. The Morgan fingerprint density at radius 3 is 2.33 bits per heavy atom. The Labute approximate surface area is 125 Å². The van der Waals surface area contributed by atoms with Crippen LogP contribution in [0.4, 0.5) is 4.79 Å². The summed E-state index contributed by atoms with van der Waals surface area (Å²) in [6, 6.07) is -0.927. The number of unbranched alkanes of at least 4 members (excludes halogenated alkanes) is 1. The molecule has 0 aliphatic carbocycles. The molecule has 0 bridgehead atoms. The molecule has 0 aromatic heterocycles. The van der Waals surface area contributed by atoms with Gasteiger partial charge in [-0.05, 0) is 27.2 Å². The van der Waals surface area contributed by atoms with Crippen LogP contribution in [0.1, 0.15) is 40.5 Å². The average molecular weight is 305 g/mol. The topological polar surface area (TPSA) is 94.1 Å². The summed E-state index contributed by atoms with van der Waals surface area (Å²) in [7, 11) is 1.22. The van der Waals surface area contributed by atoms with Gasteiger partial charge in [0.15, 0.2) is 6.10 Å². The van der Waals surface area contributed by atoms with Gasteiger partial charge in [0, 0.05) is 6.61 Å². The predicted molar refractivity (Wildman–Crippen MR) is 76.9 cm³/mol. The summed E-state index contributed by atoms with van der Waals surface area (Å²) < 4.78 is 15.1. The first kappa shape index (κ1) is 19.7. The van der Waals surface area contributed by atoms with E-state index in [1.807, 2.05) is 6.92 Å². The Kier molecular flexibility index (Phi) is 8.96. The van der Waals surface area contributed by atoms with Gasteiger partial charge in [-0.1, -0.05) is 13.3 Å². The molecule has 1 amide bonds. The van der Waals surface area contributed by atoms with Crippen molar-refractivity contribution in [1.82, 2.24) is 5.32 Å². The number of nitrogens with one attached hydrogen (secondary N) is 1. The van der Waals surface area contributed by atoms with E-state index in [2.05, 4.69) is 10.1 Å². The number of carbonyl (C=O) groups is 2. The highest BCUT2D eigenvalue weighted by Gasteiger charge is 2.32. The zero-order valence-corrected chi connectivity index (χ0v) is 13.5. The third-order valence-corrected chi connectivity index (χ3v) is 2.49. The first-order valence-electron chi connectivity index (χ1n) is 7.05. The highest BCUT2D eigenvalue weighted by Crippen LogP contribution is 2.09. The molecule has 2 N–H and O–H groups in total. The number of hydrogen-bond acceptors (Lipinski definition) is 6. The normalized spacial score (nSPS) is 14.2. The average Bonchev–Trinajstić information content (AvgIpc) is 2.38. The summed E-state index contributed by atoms with van der Waals surface area (Å²) in [5.41, 5.74) is -0.673. The second-order valence-electron chi connectivity index (χ2n) is 5.60. The molecule has 0 aliphatic rings. The third kappa shape index (κ3) is 8.52. The van der Waals surface area contributed by atoms with E-state index in [4.69, 9.17) is 9.47 Å². The lowest BCUT2D eigenvalue weighted by Crippen LogP contribution is -2.52. The van der Waals surface area contributed by atoms with Crippen LogP contribution >= 0.6 is 0 Å². The van der Waals surface area contributed by atoms with E-state index in [0.717, 1.165) is 12.8 Å². The minimum absolute atomic E-state index is 0.336. The summed E-state index contributed by atoms with van der Waals surface area (Å²) >= 11 is 0. The maximum Gasteiger partial charge on any atom is 0.408 e. The zero-order valence-electron chi connectivity index (χ0n) is 13.5. The van der Waals surface area contributed by atoms with Gasteiger partial charge in [-0.25, -0.2) is 9.59 Å². The van der Waals surface area contributed by atoms with Crippen molar-refractivity contribution in [2.24, 2.45) is 0 Å². The highest BCUT2D eigenvalue weighted by molar-refractivity contribution is 5.77. The summed E-state index contributed by atoms with van der Waals surface area (Å²) in [5.74, 6) is -0.652. The van der Waals surface area contributed by atoms with Gasteiger partial charge in [0.25, 0.3) is 0 Å². The molecule has 0 aromatic carbocycles. The lowest BCUT2D eigenvalue weighted by atomic mass is 10.1. The molecular formula is C14H27NO6. The van der Waals surface area contributed by atoms with Crippen molar-refractivity contribution in [1.29, 1.82) is 0 Å². The number of carbonyl (C=O) groups excluding carboxylic acids is 2. The number of aliphatic hydroxyl groups is 1. The molecule has 0 spiro atoms. The van der Waals surface area contributed by atoms with Crippen molar-refractivity contribution in [3.05, 3.63) is 0 Å². The van der Waals surface area contributed by atoms with Crippen molar-refractivity contribution in [2.75, 3.05) is 20.3 Å². The van der Waals surface area contributed by atoms with Crippen molar-refractivity contribution in [3.63, 3.8) is 0 Å². The van der Waals surface area contributed by atoms with Gasteiger partial charge < -0.3 is 24.6 Å². The first-order chi connectivity index (χ1) is 9.75. The standard InChI is InChI=1S/C14H27NO6/c1-6-7-8-20-11(12(17)19-5)10(9-16)15-13(18)21-14(2,3)4/h10-11,16H,6-9H2,1-5H3,(H,15,18)/t10-,11?/m0/s1. The first-order valence-corrected chi connectivity index (χ1v) is 7.05. The number of aliphatic hydroxyl groups excluding tert-OH is 1. The lowest BCUT2D eigenvalue weighted by molar-refractivity contribution is -0.157. The Morgan fingerprint density at radius 2 is 1.90 bits per heavy atom. The zero-order chi connectivity index (χ0) is 16.5. The van der Waals surface area contributed by atoms with Crippen LogP contribution in [0.15, 0.2) is 0 Å². The number of rotatable bonds is 8. The van der Waals surface area contributed by atoms with Crippen LogP contribution in [0, 0.1) is 0 Å². The van der Waals surface area contributed by atoms with Crippen molar-refractivity contribution < 1.29 is 28.9 Å². The Morgan fingerprint density at radius 1 is 1.29 bits per heavy atom. The molecule has 2 atom stereocenters. The molecule has 0 radical (unpaired) electrons. The van der Waals surface area contributed by atoms with Crippen LogP contribution in [0.25, 0.3) is 0 Å². The smallest absolute Gasteiger partial charge is 0.408 e.